The molecule has 0 saturated carbocycles. The Morgan fingerprint density at radius 1 is 1.00 bits per heavy atom. The number of esters is 1. The summed E-state index contributed by atoms with van der Waals surface area (Å²) in [7, 11) is -2.29. The smallest absolute Gasteiger partial charge is 0.339 e. The largest absolute Gasteiger partial charge is 0.465 e. The van der Waals surface area contributed by atoms with Crippen LogP contribution in [0, 0.1) is 5.92 Å². The molecule has 1 N–H and O–H groups in total. The van der Waals surface area contributed by atoms with Crippen molar-refractivity contribution in [2.75, 3.05) is 25.5 Å². The van der Waals surface area contributed by atoms with Crippen molar-refractivity contribution in [2.45, 2.75) is 43.4 Å². The fraction of sp³-hybridized carbons (Fsp3) is 0.417. The van der Waals surface area contributed by atoms with E-state index in [1.165, 1.54) is 17.0 Å². The Labute approximate surface area is 188 Å². The van der Waals surface area contributed by atoms with Gasteiger partial charge in [0.25, 0.3) is 0 Å². The van der Waals surface area contributed by atoms with E-state index in [-0.39, 0.29) is 30.5 Å². The van der Waals surface area contributed by atoms with Crippen LogP contribution in [0.2, 0.25) is 0 Å². The van der Waals surface area contributed by atoms with Crippen LogP contribution in [0.3, 0.4) is 0 Å². The number of methoxy groups -OCH3 is 1. The Morgan fingerprint density at radius 3 is 2.41 bits per heavy atom. The number of hydrogen-bond donors (Lipinski definition) is 1. The summed E-state index contributed by atoms with van der Waals surface area (Å²) in [5.41, 5.74) is 3.07. The molecule has 2 aromatic rings. The van der Waals surface area contributed by atoms with Gasteiger partial charge in [-0.3, -0.25) is 4.79 Å². The highest BCUT2D eigenvalue weighted by Crippen LogP contribution is 2.29. The molecule has 0 unspecified atom stereocenters. The van der Waals surface area contributed by atoms with E-state index in [0.717, 1.165) is 31.2 Å². The Bertz CT molecular complexity index is 1120. The normalized spacial score (nSPS) is 17.4. The number of aryl methyl sites for hydroxylation is 2. The SMILES string of the molecule is COC(=O)c1ccccc1NC(=O)C1CCN(S(=O)(=O)c2ccc3c(c2)CCCC3)CC1. The first-order chi connectivity index (χ1) is 15.4. The number of para-hydroxylation sites is 1. The molecule has 1 aliphatic carbocycles. The summed E-state index contributed by atoms with van der Waals surface area (Å²) in [6.07, 6.45) is 5.03. The van der Waals surface area contributed by atoms with E-state index in [1.54, 1.807) is 30.3 Å². The molecule has 2 aliphatic rings. The predicted molar refractivity (Wildman–Crippen MR) is 121 cm³/mol. The van der Waals surface area contributed by atoms with Gasteiger partial charge in [-0.2, -0.15) is 4.31 Å². The number of nitrogens with zero attached hydrogens (tertiary/aromatic N) is 1. The number of nitrogens with one attached hydrogen (secondary N) is 1. The Balaban J connectivity index is 1.41. The van der Waals surface area contributed by atoms with Gasteiger partial charge in [0.15, 0.2) is 0 Å². The molecule has 32 heavy (non-hydrogen) atoms. The lowest BCUT2D eigenvalue weighted by molar-refractivity contribution is -0.120. The molecule has 1 saturated heterocycles. The van der Waals surface area contributed by atoms with Crippen LogP contribution in [-0.2, 0) is 32.4 Å². The minimum atomic E-state index is -3.58. The number of fused-ring (bicyclic) bond motifs is 1. The van der Waals surface area contributed by atoms with Crippen molar-refractivity contribution in [1.82, 2.24) is 4.31 Å². The summed E-state index contributed by atoms with van der Waals surface area (Å²) in [6, 6.07) is 12.2. The molecule has 0 atom stereocenters. The third-order valence-electron chi connectivity index (χ3n) is 6.37. The molecule has 1 amide bonds. The monoisotopic (exact) mass is 456 g/mol. The van der Waals surface area contributed by atoms with Gasteiger partial charge in [0.1, 0.15) is 0 Å². The quantitative estimate of drug-likeness (QED) is 0.696. The molecular weight excluding hydrogens is 428 g/mol. The molecule has 0 bridgehead atoms. The maximum absolute atomic E-state index is 13.2. The second-order valence-corrected chi connectivity index (χ2v) is 10.3. The van der Waals surface area contributed by atoms with E-state index in [9.17, 15) is 18.0 Å². The van der Waals surface area contributed by atoms with Crippen LogP contribution >= 0.6 is 0 Å². The molecule has 1 fully saturated rings. The molecule has 0 radical (unpaired) electrons. The molecule has 1 heterocycles. The summed E-state index contributed by atoms with van der Waals surface area (Å²) >= 11 is 0. The van der Waals surface area contributed by atoms with Crippen molar-refractivity contribution in [3.8, 4) is 0 Å². The molecule has 8 heteroatoms. The third kappa shape index (κ3) is 4.56. The first-order valence-corrected chi connectivity index (χ1v) is 12.4. The first-order valence-electron chi connectivity index (χ1n) is 11.0. The summed E-state index contributed by atoms with van der Waals surface area (Å²) in [5.74, 6) is -1.06. The molecule has 7 nitrogen and oxygen atoms in total. The van der Waals surface area contributed by atoms with Gasteiger partial charge in [-0.05, 0) is 73.9 Å². The Kier molecular flexibility index (Phi) is 6.62. The van der Waals surface area contributed by atoms with E-state index in [2.05, 4.69) is 5.32 Å². The second kappa shape index (κ2) is 9.42. The maximum atomic E-state index is 13.2. The van der Waals surface area contributed by atoms with Crippen LogP contribution < -0.4 is 5.32 Å². The van der Waals surface area contributed by atoms with Crippen molar-refractivity contribution in [3.05, 3.63) is 59.2 Å². The topological polar surface area (TPSA) is 92.8 Å². The number of hydrogen-bond acceptors (Lipinski definition) is 5. The predicted octanol–water partition coefficient (Wildman–Crippen LogP) is 3.39. The summed E-state index contributed by atoms with van der Waals surface area (Å²) in [6.45, 7) is 0.576. The van der Waals surface area contributed by atoms with E-state index in [1.807, 2.05) is 12.1 Å². The third-order valence-corrected chi connectivity index (χ3v) is 8.27. The van der Waals surface area contributed by atoms with Crippen LogP contribution in [0.1, 0.15) is 47.2 Å². The fourth-order valence-corrected chi connectivity index (χ4v) is 6.01. The van der Waals surface area contributed by atoms with Gasteiger partial charge < -0.3 is 10.1 Å². The summed E-state index contributed by atoms with van der Waals surface area (Å²) < 4.78 is 32.6. The number of ether oxygens (including phenoxy) is 1. The van der Waals surface area contributed by atoms with Crippen molar-refractivity contribution in [1.29, 1.82) is 0 Å². The number of carbonyl (C=O) groups is 2. The molecule has 4 rings (SSSR count). The highest BCUT2D eigenvalue weighted by molar-refractivity contribution is 7.89. The molecule has 0 spiro atoms. The van der Waals surface area contributed by atoms with Gasteiger partial charge in [0, 0.05) is 19.0 Å². The van der Waals surface area contributed by atoms with Crippen LogP contribution in [-0.4, -0.2) is 44.8 Å². The van der Waals surface area contributed by atoms with Crippen LogP contribution in [0.25, 0.3) is 0 Å². The zero-order chi connectivity index (χ0) is 22.7. The second-order valence-electron chi connectivity index (χ2n) is 8.34. The zero-order valence-electron chi connectivity index (χ0n) is 18.2. The van der Waals surface area contributed by atoms with Gasteiger partial charge in [-0.15, -0.1) is 0 Å². The lowest BCUT2D eigenvalue weighted by atomic mass is 9.92. The number of carbonyl (C=O) groups excluding carboxylic acids is 2. The van der Waals surface area contributed by atoms with E-state index >= 15 is 0 Å². The molecule has 1 aliphatic heterocycles. The standard InChI is InChI=1S/C24H28N2O5S/c1-31-24(28)21-8-4-5-9-22(21)25-23(27)18-12-14-26(15-13-18)32(29,30)20-11-10-17-6-2-3-7-19(17)16-20/h4-5,8-11,16,18H,2-3,6-7,12-15H2,1H3,(H,25,27). The number of piperidine rings is 1. The number of anilines is 1. The molecule has 2 aromatic carbocycles. The van der Waals surface area contributed by atoms with Crippen LogP contribution in [0.4, 0.5) is 5.69 Å². The maximum Gasteiger partial charge on any atom is 0.339 e. The van der Waals surface area contributed by atoms with E-state index in [0.29, 0.717) is 23.4 Å². The van der Waals surface area contributed by atoms with Crippen molar-refractivity contribution in [2.24, 2.45) is 5.92 Å². The van der Waals surface area contributed by atoms with E-state index < -0.39 is 16.0 Å². The average Bonchev–Trinajstić information content (AvgIpc) is 2.83. The van der Waals surface area contributed by atoms with Crippen LogP contribution in [0.15, 0.2) is 47.4 Å². The minimum absolute atomic E-state index is 0.216. The van der Waals surface area contributed by atoms with Crippen molar-refractivity contribution >= 4 is 27.6 Å². The lowest BCUT2D eigenvalue weighted by Gasteiger charge is -2.31. The van der Waals surface area contributed by atoms with Gasteiger partial charge in [0.2, 0.25) is 15.9 Å². The minimum Gasteiger partial charge on any atom is -0.465 e. The molecule has 170 valence electrons. The van der Waals surface area contributed by atoms with Crippen molar-refractivity contribution < 1.29 is 22.7 Å². The Hall–Kier alpha value is -2.71. The lowest BCUT2D eigenvalue weighted by Crippen LogP contribution is -2.41. The zero-order valence-corrected chi connectivity index (χ0v) is 19.0. The van der Waals surface area contributed by atoms with Gasteiger partial charge >= 0.3 is 5.97 Å². The van der Waals surface area contributed by atoms with Gasteiger partial charge in [-0.25, -0.2) is 13.2 Å². The highest BCUT2D eigenvalue weighted by Gasteiger charge is 2.33. The number of sulfonamides is 1. The van der Waals surface area contributed by atoms with Crippen molar-refractivity contribution in [3.63, 3.8) is 0 Å². The molecular formula is C24H28N2O5S. The summed E-state index contributed by atoms with van der Waals surface area (Å²) in [4.78, 5) is 25.0. The average molecular weight is 457 g/mol. The number of rotatable bonds is 5. The van der Waals surface area contributed by atoms with E-state index in [4.69, 9.17) is 4.74 Å². The Morgan fingerprint density at radius 2 is 1.69 bits per heavy atom. The highest BCUT2D eigenvalue weighted by atomic mass is 32.2. The summed E-state index contributed by atoms with van der Waals surface area (Å²) in [5, 5.41) is 2.81. The van der Waals surface area contributed by atoms with Crippen LogP contribution in [0.5, 0.6) is 0 Å². The molecule has 0 aromatic heterocycles. The fourth-order valence-electron chi connectivity index (χ4n) is 4.49. The van der Waals surface area contributed by atoms with Gasteiger partial charge in [0.05, 0.1) is 23.3 Å². The number of amides is 1. The van der Waals surface area contributed by atoms with Gasteiger partial charge in [-0.1, -0.05) is 18.2 Å². The first kappa shape index (κ1) is 22.5. The number of benzene rings is 2.